The predicted octanol–water partition coefficient (Wildman–Crippen LogP) is -1.83. The molecule has 1 rings (SSSR count). The van der Waals surface area contributed by atoms with Crippen LogP contribution in [0.4, 0.5) is 0 Å². The molecule has 1 aliphatic heterocycles. The Kier molecular flexibility index (Phi) is 4.44. The van der Waals surface area contributed by atoms with Gasteiger partial charge in [0, 0.05) is 14.0 Å². The van der Waals surface area contributed by atoms with Crippen molar-refractivity contribution < 1.29 is 29.3 Å². The lowest BCUT2D eigenvalue weighted by Gasteiger charge is -2.40. The van der Waals surface area contributed by atoms with Crippen LogP contribution in [0.25, 0.3) is 0 Å². The van der Waals surface area contributed by atoms with E-state index in [2.05, 4.69) is 5.32 Å². The SMILES string of the molecule is CNC(=O)[C@@H]1O[C@H](C)[C@H](O)[C@H](O)[C@H]1OC(C)=O. The molecule has 0 aromatic rings. The minimum absolute atomic E-state index is 0.519. The van der Waals surface area contributed by atoms with E-state index in [1.165, 1.54) is 14.0 Å². The van der Waals surface area contributed by atoms with E-state index in [9.17, 15) is 19.8 Å². The molecule has 0 saturated carbocycles. The van der Waals surface area contributed by atoms with Crippen LogP contribution in [0.3, 0.4) is 0 Å². The first-order valence-electron chi connectivity index (χ1n) is 5.29. The van der Waals surface area contributed by atoms with Crippen molar-refractivity contribution in [3.8, 4) is 0 Å². The number of ether oxygens (including phenoxy) is 2. The molecule has 0 aliphatic carbocycles. The van der Waals surface area contributed by atoms with Crippen molar-refractivity contribution in [2.24, 2.45) is 0 Å². The van der Waals surface area contributed by atoms with Gasteiger partial charge in [0.15, 0.2) is 12.2 Å². The van der Waals surface area contributed by atoms with Crippen LogP contribution in [0, 0.1) is 0 Å². The van der Waals surface area contributed by atoms with Gasteiger partial charge in [0.1, 0.15) is 12.2 Å². The van der Waals surface area contributed by atoms with Crippen LogP contribution in [0.1, 0.15) is 13.8 Å². The summed E-state index contributed by atoms with van der Waals surface area (Å²) in [6.45, 7) is 2.67. The van der Waals surface area contributed by atoms with E-state index in [0.29, 0.717) is 0 Å². The number of nitrogens with one attached hydrogen (secondary N) is 1. The zero-order valence-electron chi connectivity index (χ0n) is 9.91. The number of aliphatic hydroxyl groups excluding tert-OH is 2. The molecule has 0 radical (unpaired) electrons. The monoisotopic (exact) mass is 247 g/mol. The van der Waals surface area contributed by atoms with Gasteiger partial charge in [-0.25, -0.2) is 0 Å². The van der Waals surface area contributed by atoms with Crippen LogP contribution in [0.15, 0.2) is 0 Å². The molecule has 98 valence electrons. The topological polar surface area (TPSA) is 105 Å². The highest BCUT2D eigenvalue weighted by molar-refractivity contribution is 5.82. The highest BCUT2D eigenvalue weighted by Gasteiger charge is 2.47. The molecule has 1 amide bonds. The Morgan fingerprint density at radius 1 is 1.29 bits per heavy atom. The lowest BCUT2D eigenvalue weighted by molar-refractivity contribution is -0.226. The molecular formula is C10H17NO6. The van der Waals surface area contributed by atoms with Crippen molar-refractivity contribution in [3.63, 3.8) is 0 Å². The third-order valence-electron chi connectivity index (χ3n) is 2.63. The number of carbonyl (C=O) groups excluding carboxylic acids is 2. The van der Waals surface area contributed by atoms with Gasteiger partial charge in [0.25, 0.3) is 5.91 Å². The highest BCUT2D eigenvalue weighted by Crippen LogP contribution is 2.23. The van der Waals surface area contributed by atoms with Crippen molar-refractivity contribution in [2.45, 2.75) is 44.4 Å². The summed E-state index contributed by atoms with van der Waals surface area (Å²) >= 11 is 0. The number of hydrogen-bond donors (Lipinski definition) is 3. The Hall–Kier alpha value is -1.18. The minimum atomic E-state index is -1.36. The Balaban J connectivity index is 2.90. The Morgan fingerprint density at radius 2 is 1.88 bits per heavy atom. The molecular weight excluding hydrogens is 230 g/mol. The fourth-order valence-corrected chi connectivity index (χ4v) is 1.72. The summed E-state index contributed by atoms with van der Waals surface area (Å²) in [4.78, 5) is 22.4. The first-order chi connectivity index (χ1) is 7.88. The summed E-state index contributed by atoms with van der Waals surface area (Å²) in [6.07, 6.45) is -5.62. The third-order valence-corrected chi connectivity index (χ3v) is 2.63. The first kappa shape index (κ1) is 13.9. The van der Waals surface area contributed by atoms with Crippen LogP contribution in [-0.4, -0.2) is 59.7 Å². The zero-order chi connectivity index (χ0) is 13.2. The zero-order valence-corrected chi connectivity index (χ0v) is 9.91. The lowest BCUT2D eigenvalue weighted by Crippen LogP contribution is -2.61. The molecule has 0 aromatic carbocycles. The number of aliphatic hydroxyl groups is 2. The van der Waals surface area contributed by atoms with Gasteiger partial charge < -0.3 is 25.0 Å². The lowest BCUT2D eigenvalue weighted by atomic mass is 9.95. The van der Waals surface area contributed by atoms with Crippen molar-refractivity contribution >= 4 is 11.9 Å². The van der Waals surface area contributed by atoms with E-state index < -0.39 is 42.4 Å². The van der Waals surface area contributed by atoms with Crippen LogP contribution in [0.5, 0.6) is 0 Å². The van der Waals surface area contributed by atoms with Gasteiger partial charge in [-0.1, -0.05) is 0 Å². The molecule has 1 fully saturated rings. The maximum Gasteiger partial charge on any atom is 0.303 e. The quantitative estimate of drug-likeness (QED) is 0.496. The van der Waals surface area contributed by atoms with Crippen LogP contribution in [0.2, 0.25) is 0 Å². The molecule has 5 atom stereocenters. The fraction of sp³-hybridized carbons (Fsp3) is 0.800. The normalized spacial score (nSPS) is 37.4. The molecule has 3 N–H and O–H groups in total. The first-order valence-corrected chi connectivity index (χ1v) is 5.29. The van der Waals surface area contributed by atoms with E-state index in [1.54, 1.807) is 0 Å². The van der Waals surface area contributed by atoms with E-state index in [4.69, 9.17) is 9.47 Å². The molecule has 1 heterocycles. The van der Waals surface area contributed by atoms with E-state index in [1.807, 2.05) is 0 Å². The van der Waals surface area contributed by atoms with Crippen molar-refractivity contribution in [1.82, 2.24) is 5.32 Å². The van der Waals surface area contributed by atoms with Gasteiger partial charge in [0.05, 0.1) is 6.10 Å². The van der Waals surface area contributed by atoms with Gasteiger partial charge in [-0.05, 0) is 6.92 Å². The minimum Gasteiger partial charge on any atom is -0.456 e. The highest BCUT2D eigenvalue weighted by atomic mass is 16.6. The van der Waals surface area contributed by atoms with Crippen LogP contribution < -0.4 is 5.32 Å². The van der Waals surface area contributed by atoms with Gasteiger partial charge in [-0.15, -0.1) is 0 Å². The van der Waals surface area contributed by atoms with E-state index in [-0.39, 0.29) is 0 Å². The molecule has 17 heavy (non-hydrogen) atoms. The second kappa shape index (κ2) is 5.44. The van der Waals surface area contributed by atoms with Crippen molar-refractivity contribution in [2.75, 3.05) is 7.05 Å². The molecule has 1 aliphatic rings. The standard InChI is InChI=1S/C10H17NO6/c1-4-6(13)7(14)8(17-5(2)12)9(16-4)10(15)11-3/h4,6-9,13-14H,1-3H3,(H,11,15)/t4-,6+,7+,8-,9-/m1/s1. The second-order valence-electron chi connectivity index (χ2n) is 3.93. The smallest absolute Gasteiger partial charge is 0.303 e. The van der Waals surface area contributed by atoms with Crippen molar-refractivity contribution in [3.05, 3.63) is 0 Å². The fourth-order valence-electron chi connectivity index (χ4n) is 1.72. The second-order valence-corrected chi connectivity index (χ2v) is 3.93. The molecule has 7 nitrogen and oxygen atoms in total. The van der Waals surface area contributed by atoms with Gasteiger partial charge in [-0.2, -0.15) is 0 Å². The van der Waals surface area contributed by atoms with Gasteiger partial charge in [0.2, 0.25) is 0 Å². The van der Waals surface area contributed by atoms with E-state index >= 15 is 0 Å². The average molecular weight is 247 g/mol. The summed E-state index contributed by atoms with van der Waals surface area (Å²) in [6, 6.07) is 0. The molecule has 7 heteroatoms. The summed E-state index contributed by atoms with van der Waals surface area (Å²) in [5.41, 5.74) is 0. The molecule has 0 aromatic heterocycles. The number of likely N-dealkylation sites (N-methyl/N-ethyl adjacent to an activating group) is 1. The molecule has 0 unspecified atom stereocenters. The molecule has 0 bridgehead atoms. The van der Waals surface area contributed by atoms with Crippen LogP contribution >= 0.6 is 0 Å². The number of esters is 1. The Morgan fingerprint density at radius 3 is 2.35 bits per heavy atom. The summed E-state index contributed by atoms with van der Waals surface area (Å²) in [5, 5.41) is 21.7. The van der Waals surface area contributed by atoms with Crippen molar-refractivity contribution in [1.29, 1.82) is 0 Å². The van der Waals surface area contributed by atoms with Gasteiger partial charge >= 0.3 is 5.97 Å². The van der Waals surface area contributed by atoms with E-state index in [0.717, 1.165) is 6.92 Å². The molecule has 0 spiro atoms. The summed E-state index contributed by atoms with van der Waals surface area (Å²) in [5.74, 6) is -1.18. The number of amides is 1. The Bertz CT molecular complexity index is 307. The Labute approximate surface area is 98.7 Å². The summed E-state index contributed by atoms with van der Waals surface area (Å²) in [7, 11) is 1.40. The number of carbonyl (C=O) groups is 2. The van der Waals surface area contributed by atoms with Crippen LogP contribution in [-0.2, 0) is 19.1 Å². The largest absolute Gasteiger partial charge is 0.456 e. The number of hydrogen-bond acceptors (Lipinski definition) is 6. The average Bonchev–Trinajstić information content (AvgIpc) is 2.28. The number of rotatable bonds is 2. The predicted molar refractivity (Wildman–Crippen MR) is 56.0 cm³/mol. The maximum atomic E-state index is 11.5. The maximum absolute atomic E-state index is 11.5. The van der Waals surface area contributed by atoms with Gasteiger partial charge in [-0.3, -0.25) is 9.59 Å². The summed E-state index contributed by atoms with van der Waals surface area (Å²) < 4.78 is 10.1. The third kappa shape index (κ3) is 2.93. The molecule has 1 saturated heterocycles.